The molecule has 2 aromatic rings. The van der Waals surface area contributed by atoms with Crippen LogP contribution in [0.2, 0.25) is 0 Å². The Morgan fingerprint density at radius 3 is 2.48 bits per heavy atom. The number of nitrogens with one attached hydrogen (secondary N) is 1. The lowest BCUT2D eigenvalue weighted by Gasteiger charge is -2.20. The average molecular weight is 399 g/mol. The summed E-state index contributed by atoms with van der Waals surface area (Å²) in [6.45, 7) is 3.83. The third-order valence-electron chi connectivity index (χ3n) is 5.30. The second-order valence-corrected chi connectivity index (χ2v) is 7.64. The van der Waals surface area contributed by atoms with Crippen molar-refractivity contribution in [2.24, 2.45) is 0 Å². The Labute approximate surface area is 171 Å². The molecule has 1 fully saturated rings. The van der Waals surface area contributed by atoms with Crippen LogP contribution in [0.25, 0.3) is 10.9 Å². The number of methoxy groups -OCH3 is 1. The number of para-hydroxylation sites is 1. The zero-order valence-electron chi connectivity index (χ0n) is 17.1. The second kappa shape index (κ2) is 9.69. The third-order valence-corrected chi connectivity index (χ3v) is 5.30. The monoisotopic (exact) mass is 399 g/mol. The van der Waals surface area contributed by atoms with Crippen LogP contribution in [0.3, 0.4) is 0 Å². The third kappa shape index (κ3) is 5.03. The van der Waals surface area contributed by atoms with Gasteiger partial charge in [0.05, 0.1) is 12.2 Å². The summed E-state index contributed by atoms with van der Waals surface area (Å²) >= 11 is 0. The maximum Gasteiger partial charge on any atom is 0.292 e. The van der Waals surface area contributed by atoms with Gasteiger partial charge in [0.15, 0.2) is 0 Å². The lowest BCUT2D eigenvalue weighted by Crippen LogP contribution is -2.39. The van der Waals surface area contributed by atoms with Crippen LogP contribution in [-0.4, -0.2) is 59.9 Å². The van der Waals surface area contributed by atoms with Crippen LogP contribution in [0.1, 0.15) is 43.0 Å². The highest BCUT2D eigenvalue weighted by Crippen LogP contribution is 2.22. The van der Waals surface area contributed by atoms with E-state index >= 15 is 0 Å². The largest absolute Gasteiger partial charge is 0.383 e. The molecule has 1 saturated heterocycles. The van der Waals surface area contributed by atoms with E-state index in [0.717, 1.165) is 44.3 Å². The number of carbonyl (C=O) groups excluding carboxylic acids is 3. The van der Waals surface area contributed by atoms with Gasteiger partial charge in [-0.1, -0.05) is 31.0 Å². The summed E-state index contributed by atoms with van der Waals surface area (Å²) in [5.41, 5.74) is 1.09. The molecule has 0 aliphatic carbocycles. The van der Waals surface area contributed by atoms with Crippen LogP contribution in [0, 0.1) is 0 Å². The van der Waals surface area contributed by atoms with Crippen molar-refractivity contribution in [1.82, 2.24) is 14.8 Å². The molecule has 1 N–H and O–H groups in total. The molecule has 0 unspecified atom stereocenters. The molecule has 0 saturated carbocycles. The van der Waals surface area contributed by atoms with Crippen LogP contribution >= 0.6 is 0 Å². The van der Waals surface area contributed by atoms with Crippen LogP contribution in [0.4, 0.5) is 0 Å². The number of hydrogen-bond donors (Lipinski definition) is 1. The lowest BCUT2D eigenvalue weighted by atomic mass is 10.1. The summed E-state index contributed by atoms with van der Waals surface area (Å²) in [6, 6.07) is 7.10. The van der Waals surface area contributed by atoms with Crippen molar-refractivity contribution in [1.29, 1.82) is 0 Å². The highest BCUT2D eigenvalue weighted by Gasteiger charge is 2.24. The Morgan fingerprint density at radius 2 is 1.79 bits per heavy atom. The van der Waals surface area contributed by atoms with E-state index < -0.39 is 11.7 Å². The molecule has 0 bridgehead atoms. The van der Waals surface area contributed by atoms with Crippen LogP contribution in [-0.2, 0) is 20.9 Å². The molecule has 1 aliphatic heterocycles. The number of amides is 2. The number of ether oxygens (including phenoxy) is 1. The Bertz CT molecular complexity index is 881. The molecule has 156 valence electrons. The van der Waals surface area contributed by atoms with Gasteiger partial charge in [0.2, 0.25) is 5.91 Å². The molecule has 0 radical (unpaired) electrons. The molecule has 7 nitrogen and oxygen atoms in total. The molecule has 1 aromatic carbocycles. The fourth-order valence-electron chi connectivity index (χ4n) is 3.83. The number of aromatic nitrogens is 1. The Balaban J connectivity index is 1.82. The minimum atomic E-state index is -0.670. The maximum atomic E-state index is 12.8. The molecule has 2 amide bonds. The highest BCUT2D eigenvalue weighted by molar-refractivity contribution is 6.45. The van der Waals surface area contributed by atoms with Gasteiger partial charge in [-0.2, -0.15) is 0 Å². The predicted molar refractivity (Wildman–Crippen MR) is 111 cm³/mol. The van der Waals surface area contributed by atoms with Gasteiger partial charge in [-0.3, -0.25) is 14.4 Å². The summed E-state index contributed by atoms with van der Waals surface area (Å²) < 4.78 is 6.78. The molecular formula is C22H29N3O4. The van der Waals surface area contributed by atoms with Gasteiger partial charge in [-0.05, 0) is 25.8 Å². The lowest BCUT2D eigenvalue weighted by molar-refractivity contribution is -0.131. The van der Waals surface area contributed by atoms with E-state index in [2.05, 4.69) is 5.32 Å². The van der Waals surface area contributed by atoms with Gasteiger partial charge in [0.1, 0.15) is 6.54 Å². The first kappa shape index (κ1) is 21.0. The number of likely N-dealkylation sites (tertiary alicyclic amines) is 1. The normalized spacial score (nSPS) is 15.7. The molecule has 29 heavy (non-hydrogen) atoms. The number of hydrogen-bond acceptors (Lipinski definition) is 4. The zero-order chi connectivity index (χ0) is 20.8. The number of Topliss-reactive ketones (excluding diaryl/α,β-unsaturated/α-hetero) is 1. The fourth-order valence-corrected chi connectivity index (χ4v) is 3.83. The van der Waals surface area contributed by atoms with Crippen molar-refractivity contribution >= 4 is 28.5 Å². The second-order valence-electron chi connectivity index (χ2n) is 7.64. The molecular weight excluding hydrogens is 370 g/mol. The average Bonchev–Trinajstić information content (AvgIpc) is 2.88. The molecule has 1 aliphatic rings. The molecule has 3 rings (SSSR count). The van der Waals surface area contributed by atoms with Gasteiger partial charge in [-0.15, -0.1) is 0 Å². The van der Waals surface area contributed by atoms with Crippen molar-refractivity contribution < 1.29 is 19.1 Å². The molecule has 0 spiro atoms. The maximum absolute atomic E-state index is 12.8. The van der Waals surface area contributed by atoms with Crippen LogP contribution in [0.15, 0.2) is 30.5 Å². The first-order chi connectivity index (χ1) is 14.0. The van der Waals surface area contributed by atoms with Crippen LogP contribution < -0.4 is 5.32 Å². The van der Waals surface area contributed by atoms with Gasteiger partial charge in [0, 0.05) is 43.3 Å². The number of benzene rings is 1. The first-order valence-corrected chi connectivity index (χ1v) is 10.2. The Hall–Kier alpha value is -2.67. The molecule has 7 heteroatoms. The SMILES string of the molecule is COC[C@H](C)NC(=O)C(=O)c1cn(CC(=O)N2CCCCCC2)c2ccccc12. The summed E-state index contributed by atoms with van der Waals surface area (Å²) in [5.74, 6) is -1.23. The summed E-state index contributed by atoms with van der Waals surface area (Å²) in [6.07, 6.45) is 6.00. The van der Waals surface area contributed by atoms with E-state index in [4.69, 9.17) is 4.74 Å². The van der Waals surface area contributed by atoms with Gasteiger partial charge in [-0.25, -0.2) is 0 Å². The fraction of sp³-hybridized carbons (Fsp3) is 0.500. The highest BCUT2D eigenvalue weighted by atomic mass is 16.5. The Kier molecular flexibility index (Phi) is 7.04. The van der Waals surface area contributed by atoms with Crippen molar-refractivity contribution in [3.8, 4) is 0 Å². The van der Waals surface area contributed by atoms with E-state index in [9.17, 15) is 14.4 Å². The van der Waals surface area contributed by atoms with Crippen molar-refractivity contribution in [2.75, 3.05) is 26.8 Å². The smallest absolute Gasteiger partial charge is 0.292 e. The summed E-state index contributed by atoms with van der Waals surface area (Å²) in [4.78, 5) is 39.9. The Morgan fingerprint density at radius 1 is 1.10 bits per heavy atom. The molecule has 2 heterocycles. The van der Waals surface area contributed by atoms with Crippen molar-refractivity contribution in [3.63, 3.8) is 0 Å². The van der Waals surface area contributed by atoms with Gasteiger partial charge >= 0.3 is 0 Å². The number of rotatable bonds is 7. The minimum absolute atomic E-state index is 0.0461. The van der Waals surface area contributed by atoms with Crippen molar-refractivity contribution in [3.05, 3.63) is 36.0 Å². The van der Waals surface area contributed by atoms with Gasteiger partial charge < -0.3 is 19.5 Å². The topological polar surface area (TPSA) is 80.6 Å². The molecule has 1 aromatic heterocycles. The first-order valence-electron chi connectivity index (χ1n) is 10.2. The zero-order valence-corrected chi connectivity index (χ0v) is 17.1. The predicted octanol–water partition coefficient (Wildman–Crippen LogP) is 2.38. The number of fused-ring (bicyclic) bond motifs is 1. The van der Waals surface area contributed by atoms with E-state index in [1.165, 1.54) is 0 Å². The van der Waals surface area contributed by atoms with Crippen molar-refractivity contribution in [2.45, 2.75) is 45.2 Å². The molecule has 1 atom stereocenters. The number of nitrogens with zero attached hydrogens (tertiary/aromatic N) is 2. The standard InChI is InChI=1S/C22H29N3O4/c1-16(15-29-2)23-22(28)21(27)18-13-25(19-10-6-5-9-17(18)19)14-20(26)24-11-7-3-4-8-12-24/h5-6,9-10,13,16H,3-4,7-8,11-12,14-15H2,1-2H3,(H,23,28)/t16-/m0/s1. The summed E-state index contributed by atoms with van der Waals surface area (Å²) in [5, 5.41) is 3.33. The summed E-state index contributed by atoms with van der Waals surface area (Å²) in [7, 11) is 1.54. The van der Waals surface area contributed by atoms with E-state index in [-0.39, 0.29) is 18.5 Å². The minimum Gasteiger partial charge on any atom is -0.383 e. The van der Waals surface area contributed by atoms with Gasteiger partial charge in [0.25, 0.3) is 11.7 Å². The quantitative estimate of drug-likeness (QED) is 0.573. The van der Waals surface area contributed by atoms with E-state index in [0.29, 0.717) is 17.6 Å². The van der Waals surface area contributed by atoms with Crippen LogP contribution in [0.5, 0.6) is 0 Å². The van der Waals surface area contributed by atoms with E-state index in [1.807, 2.05) is 23.1 Å². The van der Waals surface area contributed by atoms with E-state index in [1.54, 1.807) is 30.9 Å². The number of ketones is 1. The number of carbonyl (C=O) groups is 3.